The van der Waals surface area contributed by atoms with Gasteiger partial charge in [-0.2, -0.15) is 0 Å². The summed E-state index contributed by atoms with van der Waals surface area (Å²) in [5, 5.41) is 24.6. The Labute approximate surface area is 710 Å². The number of anilines is 12. The molecule has 2 heterocycles. The van der Waals surface area contributed by atoms with Gasteiger partial charge in [-0.3, -0.25) is 0 Å². The number of para-hydroxylation sites is 7. The first-order chi connectivity index (χ1) is 60.5. The highest BCUT2D eigenvalue weighted by Crippen LogP contribution is 2.51. The smallest absolute Gasteiger partial charge is 0.135 e. The molecule has 0 amide bonds. The topological polar surface area (TPSA) is 26.1 Å². The molecule has 572 valence electrons. The van der Waals surface area contributed by atoms with Gasteiger partial charge in [0.25, 0.3) is 0 Å². The van der Waals surface area contributed by atoms with Crippen LogP contribution in [0.15, 0.2) is 465 Å². The molecule has 0 spiro atoms. The highest BCUT2D eigenvalue weighted by Gasteiger charge is 2.26. The molecule has 0 aliphatic carbocycles. The van der Waals surface area contributed by atoms with Gasteiger partial charge in [-0.15, -0.1) is 11.3 Å². The molecular weight excluding hydrogens is 1500 g/mol. The normalized spacial score (nSPS) is 11.6. The van der Waals surface area contributed by atoms with Gasteiger partial charge in [0, 0.05) is 98.9 Å². The van der Waals surface area contributed by atoms with Crippen molar-refractivity contribution in [2.24, 2.45) is 0 Å². The summed E-state index contributed by atoms with van der Waals surface area (Å²) >= 11 is 1.86. The van der Waals surface area contributed by atoms with Crippen LogP contribution in [0.5, 0.6) is 0 Å². The van der Waals surface area contributed by atoms with Crippen LogP contribution in [0.3, 0.4) is 0 Å². The monoisotopic (exact) mass is 1570 g/mol. The van der Waals surface area contributed by atoms with Crippen LogP contribution >= 0.6 is 11.3 Å². The van der Waals surface area contributed by atoms with E-state index in [1.54, 1.807) is 0 Å². The first kappa shape index (κ1) is 71.5. The standard InChI is InChI=1S/C58H38N2O.C58H38N2S/c2*1-4-16-39(17-5-1)46-22-12-14-26-55(46)60(45-31-35-57-54(38-45)50-24-13-15-27-56(50)61-57)44-30-34-49-52-32-28-40-36-43(59(41-18-6-2-7-19-41)42-20-8-3-9-21-42)29-33-47(40)58(52)51-25-11-10-23-48(51)53(49)37-44/h2*1-38H. The van der Waals surface area contributed by atoms with Crippen molar-refractivity contribution in [1.29, 1.82) is 0 Å². The Kier molecular flexibility index (Phi) is 17.7. The highest BCUT2D eigenvalue weighted by atomic mass is 32.1. The third-order valence-corrected chi connectivity index (χ3v) is 25.5. The van der Waals surface area contributed by atoms with Gasteiger partial charge in [-0.05, 0) is 255 Å². The van der Waals surface area contributed by atoms with Crippen molar-refractivity contribution in [1.82, 2.24) is 0 Å². The maximum atomic E-state index is 6.31. The van der Waals surface area contributed by atoms with E-state index in [1.807, 2.05) is 23.5 Å². The Morgan fingerprint density at radius 3 is 0.934 bits per heavy atom. The second-order valence-electron chi connectivity index (χ2n) is 31.3. The van der Waals surface area contributed by atoms with Crippen molar-refractivity contribution < 1.29 is 4.42 Å². The van der Waals surface area contributed by atoms with Crippen LogP contribution in [-0.4, -0.2) is 0 Å². The summed E-state index contributed by atoms with van der Waals surface area (Å²) in [5.41, 5.74) is 19.9. The Bertz CT molecular complexity index is 7560. The molecule has 2 aromatic heterocycles. The molecule has 0 fully saturated rings. The fourth-order valence-electron chi connectivity index (χ4n) is 18.9. The lowest BCUT2D eigenvalue weighted by Crippen LogP contribution is -2.11. The maximum Gasteiger partial charge on any atom is 0.135 e. The van der Waals surface area contributed by atoms with E-state index in [-0.39, 0.29) is 0 Å². The number of fused-ring (bicyclic) bond motifs is 22. The summed E-state index contributed by atoms with van der Waals surface area (Å²) < 4.78 is 8.91. The third-order valence-electron chi connectivity index (χ3n) is 24.4. The zero-order chi connectivity index (χ0) is 80.6. The number of rotatable bonds is 14. The average molecular weight is 1570 g/mol. The predicted octanol–water partition coefficient (Wildman–Crippen LogP) is 34.1. The summed E-state index contributed by atoms with van der Waals surface area (Å²) in [5.74, 6) is 0. The summed E-state index contributed by atoms with van der Waals surface area (Å²) in [4.78, 5) is 9.54. The molecule has 0 unspecified atom stereocenters. The van der Waals surface area contributed by atoms with Crippen molar-refractivity contribution in [2.75, 3.05) is 19.6 Å². The van der Waals surface area contributed by atoms with E-state index in [4.69, 9.17) is 4.42 Å². The molecule has 0 aliphatic heterocycles. The van der Waals surface area contributed by atoms with Gasteiger partial charge in [0.1, 0.15) is 11.2 Å². The fourth-order valence-corrected chi connectivity index (χ4v) is 20.0. The van der Waals surface area contributed by atoms with Gasteiger partial charge in [-0.1, -0.05) is 303 Å². The molecule has 6 heteroatoms. The minimum atomic E-state index is 0.879. The van der Waals surface area contributed by atoms with Crippen molar-refractivity contribution in [3.63, 3.8) is 0 Å². The first-order valence-corrected chi connectivity index (χ1v) is 42.5. The van der Waals surface area contributed by atoms with Crippen molar-refractivity contribution in [3.05, 3.63) is 461 Å². The number of furan rings is 1. The SMILES string of the molecule is c1ccc(-c2ccccc2N(c2ccc3oc4ccccc4c3c2)c2ccc3c(c2)c2ccccc2c2c4ccc(N(c5ccccc5)c5ccccc5)cc4ccc32)cc1.c1ccc(-c2ccccc2N(c2ccc3sc4ccccc4c3c2)c2ccc3c(c2)c2ccccc2c2c4ccc(N(c5ccccc5)c5ccccc5)cc4ccc32)cc1. The number of hydrogen-bond acceptors (Lipinski definition) is 6. The van der Waals surface area contributed by atoms with E-state index >= 15 is 0 Å². The summed E-state index contributed by atoms with van der Waals surface area (Å²) in [6.45, 7) is 0. The zero-order valence-electron chi connectivity index (χ0n) is 66.5. The average Bonchev–Trinajstić information content (AvgIpc) is 0.883. The molecule has 24 rings (SSSR count). The van der Waals surface area contributed by atoms with E-state index in [0.29, 0.717) is 0 Å². The van der Waals surface area contributed by atoms with Crippen LogP contribution in [0.2, 0.25) is 0 Å². The number of hydrogen-bond donors (Lipinski definition) is 0. The van der Waals surface area contributed by atoms with Crippen molar-refractivity contribution in [2.45, 2.75) is 0 Å². The predicted molar refractivity (Wildman–Crippen MR) is 523 cm³/mol. The van der Waals surface area contributed by atoms with Gasteiger partial charge < -0.3 is 24.0 Å². The van der Waals surface area contributed by atoms with Gasteiger partial charge in [-0.25, -0.2) is 0 Å². The van der Waals surface area contributed by atoms with E-state index in [1.165, 1.54) is 123 Å². The lowest BCUT2D eigenvalue weighted by Gasteiger charge is -2.28. The molecule has 122 heavy (non-hydrogen) atoms. The summed E-state index contributed by atoms with van der Waals surface area (Å²) in [7, 11) is 0. The molecule has 0 radical (unpaired) electrons. The molecule has 0 bridgehead atoms. The Morgan fingerprint density at radius 1 is 0.164 bits per heavy atom. The fraction of sp³-hybridized carbons (Fsp3) is 0. The second-order valence-corrected chi connectivity index (χ2v) is 32.4. The maximum absolute atomic E-state index is 6.31. The Balaban J connectivity index is 0.000000142. The van der Waals surface area contributed by atoms with Gasteiger partial charge in [0.2, 0.25) is 0 Å². The molecule has 0 atom stereocenters. The highest BCUT2D eigenvalue weighted by molar-refractivity contribution is 7.25. The Hall–Kier alpha value is -15.9. The Morgan fingerprint density at radius 2 is 0.467 bits per heavy atom. The van der Waals surface area contributed by atoms with Gasteiger partial charge in [0.15, 0.2) is 0 Å². The minimum absolute atomic E-state index is 0.879. The van der Waals surface area contributed by atoms with Crippen LogP contribution in [0, 0.1) is 0 Å². The zero-order valence-corrected chi connectivity index (χ0v) is 67.3. The first-order valence-electron chi connectivity index (χ1n) is 41.7. The van der Waals surface area contributed by atoms with Crippen LogP contribution in [0.4, 0.5) is 68.2 Å². The molecule has 0 aliphatic rings. The van der Waals surface area contributed by atoms with Gasteiger partial charge in [0.05, 0.1) is 11.4 Å². The van der Waals surface area contributed by atoms with Crippen LogP contribution in [0.25, 0.3) is 151 Å². The summed E-state index contributed by atoms with van der Waals surface area (Å²) in [6, 6.07) is 167. The van der Waals surface area contributed by atoms with E-state index in [2.05, 4.69) is 469 Å². The molecule has 0 saturated carbocycles. The van der Waals surface area contributed by atoms with E-state index in [9.17, 15) is 0 Å². The third kappa shape index (κ3) is 12.5. The largest absolute Gasteiger partial charge is 0.456 e. The molecule has 0 saturated heterocycles. The van der Waals surface area contributed by atoms with Crippen molar-refractivity contribution >= 4 is 208 Å². The lowest BCUT2D eigenvalue weighted by atomic mass is 9.90. The van der Waals surface area contributed by atoms with Gasteiger partial charge >= 0.3 is 0 Å². The molecule has 22 aromatic carbocycles. The molecule has 5 nitrogen and oxygen atoms in total. The van der Waals surface area contributed by atoms with Crippen molar-refractivity contribution in [3.8, 4) is 22.3 Å². The van der Waals surface area contributed by atoms with E-state index < -0.39 is 0 Å². The lowest BCUT2D eigenvalue weighted by molar-refractivity contribution is 0.669. The second kappa shape index (κ2) is 30.3. The van der Waals surface area contributed by atoms with Crippen LogP contribution in [0.1, 0.15) is 0 Å². The van der Waals surface area contributed by atoms with E-state index in [0.717, 1.165) is 95.8 Å². The number of nitrogens with zero attached hydrogens (tertiary/aromatic N) is 4. The molecule has 24 aromatic rings. The molecular formula is C116H76N4OS. The minimum Gasteiger partial charge on any atom is -0.456 e. The van der Waals surface area contributed by atoms with Crippen LogP contribution in [-0.2, 0) is 0 Å². The summed E-state index contributed by atoms with van der Waals surface area (Å²) in [6.07, 6.45) is 0. The number of thiophene rings is 1. The number of benzene rings is 22. The molecule has 0 N–H and O–H groups in total. The van der Waals surface area contributed by atoms with Crippen LogP contribution < -0.4 is 19.6 Å². The quantitative estimate of drug-likeness (QED) is 0.101.